The van der Waals surface area contributed by atoms with Crippen molar-refractivity contribution in [3.8, 4) is 23.1 Å². The Labute approximate surface area is 110 Å². The number of aromatic nitrogens is 2. The van der Waals surface area contributed by atoms with Crippen LogP contribution < -0.4 is 10.4 Å². The summed E-state index contributed by atoms with van der Waals surface area (Å²) >= 11 is 0. The van der Waals surface area contributed by atoms with Crippen LogP contribution in [0.2, 0.25) is 0 Å². The van der Waals surface area contributed by atoms with E-state index in [1.807, 2.05) is 13.0 Å². The third-order valence-electron chi connectivity index (χ3n) is 2.65. The summed E-state index contributed by atoms with van der Waals surface area (Å²) in [6.07, 6.45) is 1.49. The number of benzene rings is 1. The molecule has 1 aromatic heterocycles. The van der Waals surface area contributed by atoms with Crippen molar-refractivity contribution >= 4 is 0 Å². The third-order valence-corrected chi connectivity index (χ3v) is 2.65. The molecule has 0 atom stereocenters. The van der Waals surface area contributed by atoms with Gasteiger partial charge < -0.3 is 9.30 Å². The van der Waals surface area contributed by atoms with Crippen molar-refractivity contribution in [2.45, 2.75) is 6.92 Å². The maximum absolute atomic E-state index is 11.6. The van der Waals surface area contributed by atoms with Gasteiger partial charge >= 0.3 is 5.69 Å². The summed E-state index contributed by atoms with van der Waals surface area (Å²) in [5.74, 6) is 0.744. The maximum atomic E-state index is 11.6. The van der Waals surface area contributed by atoms with E-state index >= 15 is 0 Å². The van der Waals surface area contributed by atoms with Crippen LogP contribution in [0.25, 0.3) is 11.3 Å². The Kier molecular flexibility index (Phi) is 3.62. The molecule has 0 N–H and O–H groups in total. The Morgan fingerprint density at radius 1 is 1.37 bits per heavy atom. The highest BCUT2D eigenvalue weighted by molar-refractivity contribution is 5.66. The zero-order valence-corrected chi connectivity index (χ0v) is 10.8. The van der Waals surface area contributed by atoms with E-state index in [1.165, 1.54) is 10.8 Å². The van der Waals surface area contributed by atoms with Crippen LogP contribution in [0.15, 0.2) is 35.3 Å². The zero-order chi connectivity index (χ0) is 13.8. The molecule has 0 bridgehead atoms. The first kappa shape index (κ1) is 12.8. The molecule has 96 valence electrons. The molecular weight excluding hydrogens is 242 g/mol. The molecule has 5 nitrogen and oxygen atoms in total. The van der Waals surface area contributed by atoms with Crippen molar-refractivity contribution in [1.29, 1.82) is 5.26 Å². The lowest BCUT2D eigenvalue weighted by atomic mass is 10.1. The fourth-order valence-corrected chi connectivity index (χ4v) is 1.72. The van der Waals surface area contributed by atoms with Crippen molar-refractivity contribution in [3.05, 3.63) is 46.5 Å². The van der Waals surface area contributed by atoms with Crippen LogP contribution in [0.3, 0.4) is 0 Å². The van der Waals surface area contributed by atoms with Crippen molar-refractivity contribution in [3.63, 3.8) is 0 Å². The van der Waals surface area contributed by atoms with Gasteiger partial charge in [0.1, 0.15) is 11.8 Å². The van der Waals surface area contributed by atoms with E-state index in [1.54, 1.807) is 31.3 Å². The molecule has 0 aliphatic heterocycles. The molecule has 2 aromatic rings. The van der Waals surface area contributed by atoms with Gasteiger partial charge in [0.15, 0.2) is 0 Å². The lowest BCUT2D eigenvalue weighted by Crippen LogP contribution is -2.20. The molecule has 0 fully saturated rings. The highest BCUT2D eigenvalue weighted by Gasteiger charge is 2.09. The van der Waals surface area contributed by atoms with Gasteiger partial charge in [-0.3, -0.25) is 0 Å². The van der Waals surface area contributed by atoms with Crippen LogP contribution in [-0.4, -0.2) is 16.2 Å². The van der Waals surface area contributed by atoms with Gasteiger partial charge in [0, 0.05) is 18.8 Å². The summed E-state index contributed by atoms with van der Waals surface area (Å²) < 4.78 is 6.63. The molecule has 0 amide bonds. The lowest BCUT2D eigenvalue weighted by molar-refractivity contribution is 0.340. The second kappa shape index (κ2) is 5.36. The first-order valence-electron chi connectivity index (χ1n) is 5.86. The average molecular weight is 255 g/mol. The molecule has 1 aromatic carbocycles. The third kappa shape index (κ3) is 2.63. The Morgan fingerprint density at radius 2 is 2.05 bits per heavy atom. The number of hydrogen-bond donors (Lipinski definition) is 0. The van der Waals surface area contributed by atoms with E-state index in [0.29, 0.717) is 17.9 Å². The van der Waals surface area contributed by atoms with Gasteiger partial charge in [-0.2, -0.15) is 10.2 Å². The molecule has 0 saturated carbocycles. The number of nitrogens with zero attached hydrogens (tertiary/aromatic N) is 3. The molecule has 19 heavy (non-hydrogen) atoms. The van der Waals surface area contributed by atoms with Gasteiger partial charge in [-0.25, -0.2) is 4.79 Å². The minimum atomic E-state index is -0.386. The van der Waals surface area contributed by atoms with E-state index in [4.69, 9.17) is 10.00 Å². The van der Waals surface area contributed by atoms with E-state index in [0.717, 1.165) is 11.3 Å². The van der Waals surface area contributed by atoms with Gasteiger partial charge in [-0.1, -0.05) is 0 Å². The smallest absolute Gasteiger partial charge is 0.347 e. The van der Waals surface area contributed by atoms with Gasteiger partial charge in [0.25, 0.3) is 0 Å². The van der Waals surface area contributed by atoms with E-state index in [9.17, 15) is 4.79 Å². The predicted molar refractivity (Wildman–Crippen MR) is 70.8 cm³/mol. The van der Waals surface area contributed by atoms with Crippen LogP contribution in [0.5, 0.6) is 5.75 Å². The topological polar surface area (TPSA) is 67.9 Å². The molecule has 0 unspecified atom stereocenters. The molecule has 2 rings (SSSR count). The monoisotopic (exact) mass is 255 g/mol. The molecule has 0 aliphatic carbocycles. The number of hydrogen-bond acceptors (Lipinski definition) is 4. The largest absolute Gasteiger partial charge is 0.494 e. The Morgan fingerprint density at radius 3 is 2.63 bits per heavy atom. The van der Waals surface area contributed by atoms with Crippen LogP contribution >= 0.6 is 0 Å². The van der Waals surface area contributed by atoms with Gasteiger partial charge in [-0.15, -0.1) is 0 Å². The molecule has 0 radical (unpaired) electrons. The molecule has 5 heteroatoms. The van der Waals surface area contributed by atoms with Crippen LogP contribution in [0.1, 0.15) is 12.5 Å². The summed E-state index contributed by atoms with van der Waals surface area (Å²) in [6, 6.07) is 9.20. The first-order chi connectivity index (χ1) is 9.15. The standard InChI is InChI=1S/C14H13N3O2/c1-3-19-12-6-4-10(5-7-12)13-11(8-15)9-17(2)14(18)16-13/h4-7,9H,3H2,1-2H3. The van der Waals surface area contributed by atoms with Crippen molar-refractivity contribution in [2.24, 2.45) is 7.05 Å². The second-order valence-electron chi connectivity index (χ2n) is 3.97. The number of nitriles is 1. The maximum Gasteiger partial charge on any atom is 0.347 e. The van der Waals surface area contributed by atoms with Crippen molar-refractivity contribution in [2.75, 3.05) is 6.61 Å². The van der Waals surface area contributed by atoms with Crippen molar-refractivity contribution in [1.82, 2.24) is 9.55 Å². The fourth-order valence-electron chi connectivity index (χ4n) is 1.72. The highest BCUT2D eigenvalue weighted by atomic mass is 16.5. The van der Waals surface area contributed by atoms with E-state index < -0.39 is 0 Å². The van der Waals surface area contributed by atoms with Gasteiger partial charge in [0.2, 0.25) is 0 Å². The number of rotatable bonds is 3. The minimum absolute atomic E-state index is 0.367. The Hall–Kier alpha value is -2.61. The van der Waals surface area contributed by atoms with Gasteiger partial charge in [-0.05, 0) is 31.2 Å². The second-order valence-corrected chi connectivity index (χ2v) is 3.97. The quantitative estimate of drug-likeness (QED) is 0.837. The SMILES string of the molecule is CCOc1ccc(-c2nc(=O)n(C)cc2C#N)cc1. The highest BCUT2D eigenvalue weighted by Crippen LogP contribution is 2.22. The molecule has 0 spiro atoms. The molecule has 1 heterocycles. The van der Waals surface area contributed by atoms with E-state index in [-0.39, 0.29) is 5.69 Å². The molecule has 0 saturated heterocycles. The number of aryl methyl sites for hydroxylation is 1. The average Bonchev–Trinajstić information content (AvgIpc) is 2.43. The number of ether oxygens (including phenoxy) is 1. The van der Waals surface area contributed by atoms with Crippen LogP contribution in [0, 0.1) is 11.3 Å². The van der Waals surface area contributed by atoms with Crippen LogP contribution in [0.4, 0.5) is 0 Å². The normalized spacial score (nSPS) is 9.95. The van der Waals surface area contributed by atoms with Gasteiger partial charge in [0.05, 0.1) is 17.9 Å². The fraction of sp³-hybridized carbons (Fsp3) is 0.214. The minimum Gasteiger partial charge on any atom is -0.494 e. The predicted octanol–water partition coefficient (Wildman–Crippen LogP) is 1.72. The Bertz CT molecular complexity index is 681. The lowest BCUT2D eigenvalue weighted by Gasteiger charge is -2.06. The molecular formula is C14H13N3O2. The zero-order valence-electron chi connectivity index (χ0n) is 10.8. The summed E-state index contributed by atoms with van der Waals surface area (Å²) in [6.45, 7) is 2.50. The van der Waals surface area contributed by atoms with Crippen LogP contribution in [-0.2, 0) is 7.05 Å². The summed E-state index contributed by atoms with van der Waals surface area (Å²) in [7, 11) is 1.57. The van der Waals surface area contributed by atoms with Crippen molar-refractivity contribution < 1.29 is 4.74 Å². The van der Waals surface area contributed by atoms with E-state index in [2.05, 4.69) is 4.98 Å². The Balaban J connectivity index is 2.50. The molecule has 0 aliphatic rings. The first-order valence-corrected chi connectivity index (χ1v) is 5.86. The summed E-state index contributed by atoms with van der Waals surface area (Å²) in [4.78, 5) is 15.5. The summed E-state index contributed by atoms with van der Waals surface area (Å²) in [5.41, 5.74) is 1.10. The summed E-state index contributed by atoms with van der Waals surface area (Å²) in [5, 5.41) is 9.10.